The van der Waals surface area contributed by atoms with Crippen molar-refractivity contribution in [3.8, 4) is 0 Å². The van der Waals surface area contributed by atoms with E-state index in [-0.39, 0.29) is 12.5 Å². The first-order chi connectivity index (χ1) is 6.57. The number of rotatable bonds is 4. The molecule has 84 valence electrons. The molecule has 0 saturated carbocycles. The molecule has 0 aliphatic heterocycles. The van der Waals surface area contributed by atoms with Crippen LogP contribution in [-0.2, 0) is 14.3 Å². The molecular weight excluding hydrogens is 202 g/mol. The van der Waals surface area contributed by atoms with Crippen molar-refractivity contribution in [2.24, 2.45) is 0 Å². The number of hydrogen-bond acceptors (Lipinski definition) is 4. The number of thiol groups is 1. The fraction of sp³-hybridized carbons (Fsp3) is 0.778. The van der Waals surface area contributed by atoms with E-state index in [1.807, 2.05) is 13.8 Å². The minimum Gasteiger partial charge on any atom is -0.465 e. The molecule has 1 unspecified atom stereocenters. The van der Waals surface area contributed by atoms with Gasteiger partial charge in [0.25, 0.3) is 0 Å². The van der Waals surface area contributed by atoms with Gasteiger partial charge in [-0.3, -0.25) is 9.59 Å². The fourth-order valence-electron chi connectivity index (χ4n) is 0.519. The number of carbonyl (C=O) groups is 2. The molecule has 0 rings (SSSR count). The van der Waals surface area contributed by atoms with E-state index in [0.717, 1.165) is 0 Å². The second kappa shape index (κ2) is 10.4. The third-order valence-corrected chi connectivity index (χ3v) is 1.33. The van der Waals surface area contributed by atoms with Crippen LogP contribution in [0.1, 0.15) is 27.7 Å². The van der Waals surface area contributed by atoms with Gasteiger partial charge in [0.2, 0.25) is 5.91 Å². The Hall–Kier alpha value is -0.710. The Labute approximate surface area is 90.8 Å². The lowest BCUT2D eigenvalue weighted by molar-refractivity contribution is -0.143. The van der Waals surface area contributed by atoms with Gasteiger partial charge in [-0.1, -0.05) is 13.8 Å². The van der Waals surface area contributed by atoms with Gasteiger partial charge in [-0.2, -0.15) is 12.6 Å². The van der Waals surface area contributed by atoms with Crippen LogP contribution in [0.5, 0.6) is 0 Å². The highest BCUT2D eigenvalue weighted by atomic mass is 32.1. The normalized spacial score (nSPS) is 10.6. The zero-order chi connectivity index (χ0) is 11.6. The van der Waals surface area contributed by atoms with Gasteiger partial charge in [0.15, 0.2) is 0 Å². The van der Waals surface area contributed by atoms with E-state index in [0.29, 0.717) is 6.61 Å². The summed E-state index contributed by atoms with van der Waals surface area (Å²) in [4.78, 5) is 21.6. The van der Waals surface area contributed by atoms with Gasteiger partial charge in [-0.05, 0) is 13.8 Å². The van der Waals surface area contributed by atoms with E-state index in [1.165, 1.54) is 0 Å². The van der Waals surface area contributed by atoms with Gasteiger partial charge in [0.05, 0.1) is 11.9 Å². The predicted octanol–water partition coefficient (Wildman–Crippen LogP) is 1.01. The van der Waals surface area contributed by atoms with Crippen molar-refractivity contribution in [2.75, 3.05) is 13.2 Å². The maximum absolute atomic E-state index is 10.9. The minimum atomic E-state index is -0.431. The Morgan fingerprint density at radius 3 is 2.29 bits per heavy atom. The standard InChI is InChI=1S/C7H13NO3S.C2H6/c1-3-11-6(9)4-8-7(10)5(2)12;1-2/h5,12H,3-4H2,1-2H3,(H,8,10);1-2H3. The largest absolute Gasteiger partial charge is 0.465 e. The van der Waals surface area contributed by atoms with Crippen LogP contribution in [-0.4, -0.2) is 30.3 Å². The van der Waals surface area contributed by atoms with Crippen LogP contribution < -0.4 is 5.32 Å². The minimum absolute atomic E-state index is 0.0857. The van der Waals surface area contributed by atoms with Crippen molar-refractivity contribution >= 4 is 24.5 Å². The smallest absolute Gasteiger partial charge is 0.325 e. The molecule has 0 fully saturated rings. The highest BCUT2D eigenvalue weighted by Gasteiger charge is 2.09. The third kappa shape index (κ3) is 9.38. The summed E-state index contributed by atoms with van der Waals surface area (Å²) in [5.74, 6) is -0.703. The molecule has 0 saturated heterocycles. The molecule has 0 aromatic carbocycles. The molecule has 1 N–H and O–H groups in total. The molecule has 0 aromatic heterocycles. The molecule has 0 heterocycles. The summed E-state index contributed by atoms with van der Waals surface area (Å²) in [6, 6.07) is 0. The lowest BCUT2D eigenvalue weighted by atomic mass is 10.4. The first-order valence-electron chi connectivity index (χ1n) is 4.69. The first kappa shape index (κ1) is 15.7. The zero-order valence-electron chi connectivity index (χ0n) is 9.16. The Morgan fingerprint density at radius 1 is 1.43 bits per heavy atom. The number of nitrogens with one attached hydrogen (secondary N) is 1. The number of amides is 1. The Kier molecular flexibility index (Phi) is 11.7. The summed E-state index contributed by atoms with van der Waals surface area (Å²) in [7, 11) is 0. The van der Waals surface area contributed by atoms with E-state index in [4.69, 9.17) is 0 Å². The Bertz CT molecular complexity index is 171. The molecule has 14 heavy (non-hydrogen) atoms. The molecule has 0 aliphatic carbocycles. The summed E-state index contributed by atoms with van der Waals surface area (Å²) in [5.41, 5.74) is 0. The van der Waals surface area contributed by atoms with Gasteiger partial charge in [0.1, 0.15) is 6.54 Å². The highest BCUT2D eigenvalue weighted by Crippen LogP contribution is 1.90. The number of ether oxygens (including phenoxy) is 1. The lowest BCUT2D eigenvalue weighted by Gasteiger charge is -2.05. The first-order valence-corrected chi connectivity index (χ1v) is 5.21. The van der Waals surface area contributed by atoms with E-state index >= 15 is 0 Å². The van der Waals surface area contributed by atoms with Crippen molar-refractivity contribution in [3.63, 3.8) is 0 Å². The molecule has 0 radical (unpaired) electrons. The van der Waals surface area contributed by atoms with E-state index < -0.39 is 11.2 Å². The summed E-state index contributed by atoms with van der Waals surface area (Å²) in [6.45, 7) is 7.58. The molecule has 4 nitrogen and oxygen atoms in total. The van der Waals surface area contributed by atoms with Gasteiger partial charge in [-0.25, -0.2) is 0 Å². The summed E-state index contributed by atoms with van der Waals surface area (Å²) >= 11 is 3.88. The van der Waals surface area contributed by atoms with Crippen molar-refractivity contribution in [3.05, 3.63) is 0 Å². The monoisotopic (exact) mass is 221 g/mol. The predicted molar refractivity (Wildman–Crippen MR) is 59.4 cm³/mol. The Morgan fingerprint density at radius 2 is 1.93 bits per heavy atom. The third-order valence-electron chi connectivity index (χ3n) is 1.09. The molecular formula is C9H19NO3S. The second-order valence-corrected chi connectivity index (χ2v) is 2.97. The van der Waals surface area contributed by atoms with Crippen LogP contribution in [0.4, 0.5) is 0 Å². The molecule has 0 spiro atoms. The maximum atomic E-state index is 10.9. The summed E-state index contributed by atoms with van der Waals surface area (Å²) in [5, 5.41) is 1.97. The number of carbonyl (C=O) groups excluding carboxylic acids is 2. The van der Waals surface area contributed by atoms with E-state index in [2.05, 4.69) is 22.7 Å². The fourth-order valence-corrected chi connectivity index (χ4v) is 0.610. The van der Waals surface area contributed by atoms with Crippen molar-refractivity contribution in [1.29, 1.82) is 0 Å². The van der Waals surface area contributed by atoms with Crippen LogP contribution >= 0.6 is 12.6 Å². The van der Waals surface area contributed by atoms with Gasteiger partial charge in [-0.15, -0.1) is 0 Å². The highest BCUT2D eigenvalue weighted by molar-refractivity contribution is 7.81. The van der Waals surface area contributed by atoms with Gasteiger partial charge in [0, 0.05) is 0 Å². The van der Waals surface area contributed by atoms with Gasteiger partial charge >= 0.3 is 5.97 Å². The molecule has 1 amide bonds. The van der Waals surface area contributed by atoms with Crippen molar-refractivity contribution in [2.45, 2.75) is 32.9 Å². The van der Waals surface area contributed by atoms with Crippen LogP contribution in [0.25, 0.3) is 0 Å². The van der Waals surface area contributed by atoms with Crippen LogP contribution in [0.2, 0.25) is 0 Å². The van der Waals surface area contributed by atoms with Crippen LogP contribution in [0.15, 0.2) is 0 Å². The second-order valence-electron chi connectivity index (χ2n) is 2.20. The van der Waals surface area contributed by atoms with E-state index in [9.17, 15) is 9.59 Å². The number of esters is 1. The van der Waals surface area contributed by atoms with Crippen molar-refractivity contribution in [1.82, 2.24) is 5.32 Å². The van der Waals surface area contributed by atoms with Gasteiger partial charge < -0.3 is 10.1 Å². The average molecular weight is 221 g/mol. The Balaban J connectivity index is 0. The summed E-state index contributed by atoms with van der Waals surface area (Å²) < 4.78 is 4.59. The van der Waals surface area contributed by atoms with Crippen LogP contribution in [0.3, 0.4) is 0 Å². The number of hydrogen-bond donors (Lipinski definition) is 2. The summed E-state index contributed by atoms with van der Waals surface area (Å²) in [6.07, 6.45) is 0. The van der Waals surface area contributed by atoms with Crippen molar-refractivity contribution < 1.29 is 14.3 Å². The maximum Gasteiger partial charge on any atom is 0.325 e. The topological polar surface area (TPSA) is 55.4 Å². The lowest BCUT2D eigenvalue weighted by Crippen LogP contribution is -2.34. The zero-order valence-corrected chi connectivity index (χ0v) is 10.1. The SMILES string of the molecule is CC.CCOC(=O)CNC(=O)C(C)S. The quantitative estimate of drug-likeness (QED) is 0.550. The molecule has 1 atom stereocenters. The van der Waals surface area contributed by atoms with E-state index in [1.54, 1.807) is 13.8 Å². The molecule has 0 aliphatic rings. The average Bonchev–Trinajstić information content (AvgIpc) is 2.17. The molecule has 0 aromatic rings. The van der Waals surface area contributed by atoms with Crippen LogP contribution in [0, 0.1) is 0 Å². The molecule has 5 heteroatoms. The molecule has 0 bridgehead atoms.